The molecule has 4 heteroatoms. The Balaban J connectivity index is 1.39. The Kier molecular flexibility index (Phi) is 5.43. The Bertz CT molecular complexity index is 671. The Hall–Kier alpha value is -1.19. The summed E-state index contributed by atoms with van der Waals surface area (Å²) in [6.45, 7) is 6.98. The van der Waals surface area contributed by atoms with Gasteiger partial charge in [0.1, 0.15) is 18.2 Å². The van der Waals surface area contributed by atoms with Gasteiger partial charge in [0.2, 0.25) is 0 Å². The molecule has 4 fully saturated rings. The van der Waals surface area contributed by atoms with Gasteiger partial charge in [0.15, 0.2) is 0 Å². The Morgan fingerprint density at radius 3 is 2.71 bits per heavy atom. The van der Waals surface area contributed by atoms with Crippen molar-refractivity contribution >= 4 is 17.3 Å². The zero-order chi connectivity index (χ0) is 19.9. The molecule has 0 N–H and O–H groups in total. The molecule has 4 aliphatic rings. The quantitative estimate of drug-likeness (QED) is 0.472. The lowest BCUT2D eigenvalue weighted by Crippen LogP contribution is -2.53. The molecule has 4 nitrogen and oxygen atoms in total. The molecular weight excluding hydrogens is 350 g/mol. The van der Waals surface area contributed by atoms with Crippen molar-refractivity contribution in [2.75, 3.05) is 6.61 Å². The molecule has 0 saturated heterocycles. The van der Waals surface area contributed by atoms with Crippen molar-refractivity contribution in [2.45, 2.75) is 91.4 Å². The summed E-state index contributed by atoms with van der Waals surface area (Å²) in [5.41, 5.74) is 1.61. The van der Waals surface area contributed by atoms with Crippen LogP contribution in [0.1, 0.15) is 91.4 Å². The molecule has 0 aromatic carbocycles. The van der Waals surface area contributed by atoms with E-state index in [1.165, 1.54) is 31.4 Å². The Morgan fingerprint density at radius 2 is 1.93 bits per heavy atom. The van der Waals surface area contributed by atoms with Gasteiger partial charge in [0, 0.05) is 18.3 Å². The van der Waals surface area contributed by atoms with Crippen molar-refractivity contribution in [3.05, 3.63) is 0 Å². The molecule has 0 heterocycles. The number of ketones is 2. The third kappa shape index (κ3) is 3.35. The molecule has 28 heavy (non-hydrogen) atoms. The van der Waals surface area contributed by atoms with Gasteiger partial charge < -0.3 is 9.63 Å². The highest BCUT2D eigenvalue weighted by atomic mass is 16.6. The predicted octanol–water partition coefficient (Wildman–Crippen LogP) is 5.34. The first-order valence-corrected chi connectivity index (χ1v) is 11.5. The standard InChI is InChI=1S/C24H37NO3/c1-16(26)5-4-14-28-25-18-10-12-23(2)17(15-18)6-7-19-20-8-9-22(27)24(20,3)13-11-21(19)23/h17,19-21H,4-15H2,1-3H3/t17?,19?,20?,21?,23-,24-/m0/s1. The lowest BCUT2D eigenvalue weighted by molar-refractivity contribution is -0.137. The van der Waals surface area contributed by atoms with Gasteiger partial charge in [-0.1, -0.05) is 19.0 Å². The molecule has 0 bridgehead atoms. The molecule has 0 radical (unpaired) electrons. The summed E-state index contributed by atoms with van der Waals surface area (Å²) in [6, 6.07) is 0. The van der Waals surface area contributed by atoms with E-state index in [4.69, 9.17) is 4.84 Å². The normalized spacial score (nSPS) is 44.0. The SMILES string of the molecule is CC(=O)CCCON=C1CC[C@@]2(C)C(CCC3C2CC[C@]2(C)C(=O)CCC32)C1. The molecular formula is C24H37NO3. The summed E-state index contributed by atoms with van der Waals surface area (Å²) < 4.78 is 0. The zero-order valence-electron chi connectivity index (χ0n) is 18.0. The van der Waals surface area contributed by atoms with Crippen LogP contribution in [0.15, 0.2) is 5.16 Å². The highest BCUT2D eigenvalue weighted by Gasteiger charge is 2.60. The minimum Gasteiger partial charge on any atom is -0.396 e. The van der Waals surface area contributed by atoms with Gasteiger partial charge in [-0.3, -0.25) is 4.79 Å². The number of carbonyl (C=O) groups is 2. The second-order valence-electron chi connectivity index (χ2n) is 10.6. The van der Waals surface area contributed by atoms with Crippen LogP contribution in [-0.4, -0.2) is 23.9 Å². The minimum absolute atomic E-state index is 0.0145. The van der Waals surface area contributed by atoms with Gasteiger partial charge in [-0.2, -0.15) is 0 Å². The van der Waals surface area contributed by atoms with Gasteiger partial charge in [0.25, 0.3) is 0 Å². The lowest BCUT2D eigenvalue weighted by atomic mass is 9.45. The first-order valence-electron chi connectivity index (χ1n) is 11.5. The molecule has 4 unspecified atom stereocenters. The third-order valence-electron chi connectivity index (χ3n) is 9.17. The van der Waals surface area contributed by atoms with Crippen molar-refractivity contribution in [3.8, 4) is 0 Å². The van der Waals surface area contributed by atoms with E-state index in [1.807, 2.05) is 0 Å². The molecule has 6 atom stereocenters. The Labute approximate surface area is 169 Å². The van der Waals surface area contributed by atoms with Crippen molar-refractivity contribution in [1.82, 2.24) is 0 Å². The number of hydrogen-bond donors (Lipinski definition) is 0. The van der Waals surface area contributed by atoms with Crippen LogP contribution < -0.4 is 0 Å². The summed E-state index contributed by atoms with van der Waals surface area (Å²) in [7, 11) is 0. The molecule has 0 aromatic heterocycles. The molecule has 0 amide bonds. The second-order valence-corrected chi connectivity index (χ2v) is 10.6. The summed E-state index contributed by atoms with van der Waals surface area (Å²) in [5, 5.41) is 4.44. The van der Waals surface area contributed by atoms with Crippen LogP contribution in [-0.2, 0) is 14.4 Å². The topological polar surface area (TPSA) is 55.7 Å². The number of nitrogens with zero attached hydrogens (tertiary/aromatic N) is 1. The summed E-state index contributed by atoms with van der Waals surface area (Å²) in [5.74, 6) is 3.65. The molecule has 4 saturated carbocycles. The van der Waals surface area contributed by atoms with Gasteiger partial charge in [-0.05, 0) is 93.8 Å². The van der Waals surface area contributed by atoms with E-state index in [0.29, 0.717) is 36.1 Å². The number of Topliss-reactive ketones (excluding diaryl/α,β-unsaturated/α-hetero) is 2. The van der Waals surface area contributed by atoms with E-state index in [0.717, 1.165) is 50.4 Å². The van der Waals surface area contributed by atoms with Crippen LogP contribution in [0.4, 0.5) is 0 Å². The summed E-state index contributed by atoms with van der Waals surface area (Å²) in [6.07, 6.45) is 11.6. The van der Waals surface area contributed by atoms with E-state index in [-0.39, 0.29) is 11.2 Å². The van der Waals surface area contributed by atoms with E-state index in [9.17, 15) is 9.59 Å². The van der Waals surface area contributed by atoms with Gasteiger partial charge in [-0.15, -0.1) is 0 Å². The average molecular weight is 388 g/mol. The van der Waals surface area contributed by atoms with Crippen molar-refractivity contribution < 1.29 is 14.4 Å². The highest BCUT2D eigenvalue weighted by Crippen LogP contribution is 2.65. The fraction of sp³-hybridized carbons (Fsp3) is 0.875. The maximum atomic E-state index is 12.5. The fourth-order valence-corrected chi connectivity index (χ4v) is 7.44. The van der Waals surface area contributed by atoms with Gasteiger partial charge >= 0.3 is 0 Å². The molecule has 4 rings (SSSR count). The summed E-state index contributed by atoms with van der Waals surface area (Å²) in [4.78, 5) is 29.1. The van der Waals surface area contributed by atoms with Gasteiger partial charge in [0.05, 0.1) is 5.71 Å². The minimum atomic E-state index is -0.0145. The van der Waals surface area contributed by atoms with Crippen molar-refractivity contribution in [2.24, 2.45) is 39.7 Å². The molecule has 156 valence electrons. The number of hydrogen-bond acceptors (Lipinski definition) is 4. The maximum absolute atomic E-state index is 12.5. The van der Waals surface area contributed by atoms with E-state index >= 15 is 0 Å². The predicted molar refractivity (Wildman–Crippen MR) is 110 cm³/mol. The smallest absolute Gasteiger partial charge is 0.139 e. The maximum Gasteiger partial charge on any atom is 0.139 e. The van der Waals surface area contributed by atoms with Crippen LogP contribution in [0.2, 0.25) is 0 Å². The van der Waals surface area contributed by atoms with Crippen LogP contribution >= 0.6 is 0 Å². The highest BCUT2D eigenvalue weighted by molar-refractivity contribution is 5.87. The monoisotopic (exact) mass is 387 g/mol. The lowest BCUT2D eigenvalue weighted by Gasteiger charge is -2.59. The summed E-state index contributed by atoms with van der Waals surface area (Å²) >= 11 is 0. The van der Waals surface area contributed by atoms with Crippen molar-refractivity contribution in [3.63, 3.8) is 0 Å². The van der Waals surface area contributed by atoms with Crippen LogP contribution in [0.3, 0.4) is 0 Å². The molecule has 0 aromatic rings. The molecule has 0 aliphatic heterocycles. The van der Waals surface area contributed by atoms with Crippen LogP contribution in [0, 0.1) is 34.5 Å². The Morgan fingerprint density at radius 1 is 1.11 bits per heavy atom. The largest absolute Gasteiger partial charge is 0.396 e. The fourth-order valence-electron chi connectivity index (χ4n) is 7.44. The van der Waals surface area contributed by atoms with E-state index in [1.54, 1.807) is 6.92 Å². The number of carbonyl (C=O) groups excluding carboxylic acids is 2. The van der Waals surface area contributed by atoms with Crippen molar-refractivity contribution in [1.29, 1.82) is 0 Å². The number of rotatable bonds is 5. The first-order chi connectivity index (χ1) is 13.3. The van der Waals surface area contributed by atoms with E-state index < -0.39 is 0 Å². The molecule has 0 spiro atoms. The molecule has 4 aliphatic carbocycles. The number of fused-ring (bicyclic) bond motifs is 5. The van der Waals surface area contributed by atoms with Crippen LogP contribution in [0.5, 0.6) is 0 Å². The van der Waals surface area contributed by atoms with Gasteiger partial charge in [-0.25, -0.2) is 0 Å². The second kappa shape index (κ2) is 7.57. The van der Waals surface area contributed by atoms with Crippen LogP contribution in [0.25, 0.3) is 0 Å². The third-order valence-corrected chi connectivity index (χ3v) is 9.17. The average Bonchev–Trinajstić information content (AvgIpc) is 2.96. The number of oxime groups is 1. The zero-order valence-corrected chi connectivity index (χ0v) is 18.0. The first kappa shape index (κ1) is 20.1. The van der Waals surface area contributed by atoms with E-state index in [2.05, 4.69) is 19.0 Å².